The Kier molecular flexibility index (Phi) is 5.66. The average molecular weight is 492 g/mol. The van der Waals surface area contributed by atoms with Gasteiger partial charge in [0.1, 0.15) is 15.5 Å². The number of pyridine rings is 1. The summed E-state index contributed by atoms with van der Waals surface area (Å²) >= 11 is 1.37. The Morgan fingerprint density at radius 3 is 2.50 bits per heavy atom. The summed E-state index contributed by atoms with van der Waals surface area (Å²) in [6, 6.07) is 28.2. The highest BCUT2D eigenvalue weighted by molar-refractivity contribution is 7.21. The molecular formula is C30H25N3O2S. The van der Waals surface area contributed by atoms with Gasteiger partial charge in [-0.1, -0.05) is 48.5 Å². The third-order valence-corrected chi connectivity index (χ3v) is 7.81. The molecule has 0 spiro atoms. The third-order valence-electron chi connectivity index (χ3n) is 6.72. The van der Waals surface area contributed by atoms with E-state index in [1.54, 1.807) is 7.11 Å². The number of nitrogen functional groups attached to an aromatic ring is 1. The van der Waals surface area contributed by atoms with Crippen LogP contribution in [0.5, 0.6) is 5.75 Å². The van der Waals surface area contributed by atoms with Gasteiger partial charge in [0.25, 0.3) is 5.91 Å². The number of amides is 1. The van der Waals surface area contributed by atoms with Gasteiger partial charge in [-0.25, -0.2) is 4.98 Å². The second-order valence-electron chi connectivity index (χ2n) is 8.86. The van der Waals surface area contributed by atoms with Crippen molar-refractivity contribution in [2.75, 3.05) is 24.3 Å². The molecule has 0 atom stereocenters. The lowest BCUT2D eigenvalue weighted by Crippen LogP contribution is -2.35. The van der Waals surface area contributed by atoms with Crippen molar-refractivity contribution in [3.8, 4) is 28.1 Å². The van der Waals surface area contributed by atoms with E-state index in [1.807, 2.05) is 65.6 Å². The summed E-state index contributed by atoms with van der Waals surface area (Å²) in [4.78, 5) is 22.0. The van der Waals surface area contributed by atoms with Crippen molar-refractivity contribution in [3.05, 3.63) is 95.4 Å². The maximum Gasteiger partial charge on any atom is 0.270 e. The number of aromatic nitrogens is 1. The number of rotatable bonds is 4. The first kappa shape index (κ1) is 22.3. The Bertz CT molecular complexity index is 1580. The van der Waals surface area contributed by atoms with Crippen molar-refractivity contribution < 1.29 is 9.53 Å². The lowest BCUT2D eigenvalue weighted by molar-refractivity contribution is 0.0990. The summed E-state index contributed by atoms with van der Waals surface area (Å²) < 4.78 is 5.32. The molecule has 0 saturated carbocycles. The van der Waals surface area contributed by atoms with E-state index in [-0.39, 0.29) is 5.91 Å². The number of nitrogens with zero attached hydrogens (tertiary/aromatic N) is 2. The molecule has 2 aromatic heterocycles. The van der Waals surface area contributed by atoms with Crippen molar-refractivity contribution in [1.29, 1.82) is 0 Å². The Balaban J connectivity index is 1.52. The molecule has 5 nitrogen and oxygen atoms in total. The Hall–Kier alpha value is -4.16. The normalized spacial score (nSPS) is 13.0. The number of aryl methyl sites for hydroxylation is 1. The number of nitrogens with two attached hydrogens (primary N) is 1. The van der Waals surface area contributed by atoms with Crippen LogP contribution in [-0.4, -0.2) is 24.5 Å². The summed E-state index contributed by atoms with van der Waals surface area (Å²) in [5.41, 5.74) is 13.2. The molecule has 0 bridgehead atoms. The van der Waals surface area contributed by atoms with E-state index in [0.29, 0.717) is 17.1 Å². The minimum atomic E-state index is -0.0624. The average Bonchev–Trinajstić information content (AvgIpc) is 3.28. The fourth-order valence-electron chi connectivity index (χ4n) is 4.90. The number of benzene rings is 3. The van der Waals surface area contributed by atoms with Gasteiger partial charge in [0.15, 0.2) is 0 Å². The van der Waals surface area contributed by atoms with Crippen molar-refractivity contribution in [1.82, 2.24) is 4.98 Å². The summed E-state index contributed by atoms with van der Waals surface area (Å²) in [6.07, 6.45) is 1.91. The summed E-state index contributed by atoms with van der Waals surface area (Å²) in [5.74, 6) is 0.728. The monoisotopic (exact) mass is 491 g/mol. The van der Waals surface area contributed by atoms with E-state index in [4.69, 9.17) is 15.5 Å². The molecule has 0 unspecified atom stereocenters. The molecule has 3 aromatic carbocycles. The van der Waals surface area contributed by atoms with E-state index in [1.165, 1.54) is 16.9 Å². The van der Waals surface area contributed by atoms with Gasteiger partial charge in [-0.3, -0.25) is 4.79 Å². The van der Waals surface area contributed by atoms with Crippen LogP contribution in [0, 0.1) is 0 Å². The van der Waals surface area contributed by atoms with Crippen LogP contribution in [0.15, 0.2) is 84.9 Å². The molecule has 178 valence electrons. The second kappa shape index (κ2) is 9.13. The van der Waals surface area contributed by atoms with Gasteiger partial charge in [0, 0.05) is 23.2 Å². The minimum absolute atomic E-state index is 0.0624. The summed E-state index contributed by atoms with van der Waals surface area (Å²) in [6.45, 7) is 0.680. The van der Waals surface area contributed by atoms with Crippen LogP contribution in [-0.2, 0) is 6.42 Å². The van der Waals surface area contributed by atoms with Gasteiger partial charge in [-0.05, 0) is 65.9 Å². The SMILES string of the molecule is COc1ccc(-c2cc(-c3ccccc3)c3c(N)c(C(=O)N4CCCc5ccccc54)sc3n2)cc1. The molecule has 0 fully saturated rings. The van der Waals surface area contributed by atoms with E-state index < -0.39 is 0 Å². The maximum absolute atomic E-state index is 13.8. The van der Waals surface area contributed by atoms with Crippen LogP contribution in [0.3, 0.4) is 0 Å². The van der Waals surface area contributed by atoms with Crippen molar-refractivity contribution in [2.45, 2.75) is 12.8 Å². The van der Waals surface area contributed by atoms with Gasteiger partial charge in [-0.15, -0.1) is 11.3 Å². The predicted molar refractivity (Wildman–Crippen MR) is 148 cm³/mol. The number of methoxy groups -OCH3 is 1. The third kappa shape index (κ3) is 3.80. The Morgan fingerprint density at radius 1 is 0.972 bits per heavy atom. The van der Waals surface area contributed by atoms with Crippen LogP contribution in [0.1, 0.15) is 21.7 Å². The van der Waals surface area contributed by atoms with Crippen molar-refractivity contribution in [2.24, 2.45) is 0 Å². The highest BCUT2D eigenvalue weighted by atomic mass is 32.1. The lowest BCUT2D eigenvalue weighted by atomic mass is 9.99. The number of carbonyl (C=O) groups excluding carboxylic acids is 1. The molecular weight excluding hydrogens is 466 g/mol. The van der Waals surface area contributed by atoms with Crippen molar-refractivity contribution >= 4 is 38.8 Å². The van der Waals surface area contributed by atoms with Gasteiger partial charge in [-0.2, -0.15) is 0 Å². The Labute approximate surface area is 213 Å². The molecule has 0 aliphatic carbocycles. The molecule has 5 aromatic rings. The molecule has 1 aliphatic rings. The smallest absolute Gasteiger partial charge is 0.270 e. The van der Waals surface area contributed by atoms with Crippen LogP contribution in [0.25, 0.3) is 32.6 Å². The number of carbonyl (C=O) groups is 1. The van der Waals surface area contributed by atoms with Crippen LogP contribution >= 0.6 is 11.3 Å². The van der Waals surface area contributed by atoms with E-state index in [2.05, 4.69) is 24.3 Å². The fraction of sp³-hybridized carbons (Fsp3) is 0.133. The van der Waals surface area contributed by atoms with Gasteiger partial charge in [0.2, 0.25) is 0 Å². The number of fused-ring (bicyclic) bond motifs is 2. The van der Waals surface area contributed by atoms with Gasteiger partial charge >= 0.3 is 0 Å². The first-order chi connectivity index (χ1) is 17.6. The molecule has 1 amide bonds. The molecule has 6 heteroatoms. The number of thiophene rings is 1. The molecule has 1 aliphatic heterocycles. The van der Waals surface area contributed by atoms with Crippen LogP contribution < -0.4 is 15.4 Å². The zero-order chi connectivity index (χ0) is 24.6. The topological polar surface area (TPSA) is 68.5 Å². The van der Waals surface area contributed by atoms with E-state index in [9.17, 15) is 4.79 Å². The standard InChI is InChI=1S/C30H25N3O2S/c1-35-22-15-13-20(14-16-22)24-18-23(19-8-3-2-4-9-19)26-27(31)28(36-29(26)32-24)30(34)33-17-7-11-21-10-5-6-12-25(21)33/h2-6,8-10,12-16,18H,7,11,17,31H2,1H3. The summed E-state index contributed by atoms with van der Waals surface area (Å²) in [5, 5.41) is 0.831. The van der Waals surface area contributed by atoms with E-state index >= 15 is 0 Å². The van der Waals surface area contributed by atoms with Crippen LogP contribution in [0.2, 0.25) is 0 Å². The molecule has 2 N–H and O–H groups in total. The van der Waals surface area contributed by atoms with Crippen LogP contribution in [0.4, 0.5) is 11.4 Å². The molecule has 36 heavy (non-hydrogen) atoms. The second-order valence-corrected chi connectivity index (χ2v) is 9.86. The number of ether oxygens (including phenoxy) is 1. The van der Waals surface area contributed by atoms with E-state index in [0.717, 1.165) is 56.9 Å². The number of hydrogen-bond donors (Lipinski definition) is 1. The highest BCUT2D eigenvalue weighted by Gasteiger charge is 2.28. The highest BCUT2D eigenvalue weighted by Crippen LogP contribution is 2.42. The molecule has 0 radical (unpaired) electrons. The molecule has 3 heterocycles. The zero-order valence-corrected chi connectivity index (χ0v) is 20.7. The summed E-state index contributed by atoms with van der Waals surface area (Å²) in [7, 11) is 1.65. The number of anilines is 2. The zero-order valence-electron chi connectivity index (χ0n) is 19.9. The number of hydrogen-bond acceptors (Lipinski definition) is 5. The van der Waals surface area contributed by atoms with Gasteiger partial charge < -0.3 is 15.4 Å². The predicted octanol–water partition coefficient (Wildman–Crippen LogP) is 6.81. The Morgan fingerprint density at radius 2 is 1.72 bits per heavy atom. The molecule has 6 rings (SSSR count). The lowest BCUT2D eigenvalue weighted by Gasteiger charge is -2.29. The first-order valence-electron chi connectivity index (χ1n) is 12.0. The minimum Gasteiger partial charge on any atom is -0.497 e. The number of para-hydroxylation sites is 1. The quantitative estimate of drug-likeness (QED) is 0.300. The first-order valence-corrected chi connectivity index (χ1v) is 12.8. The fourth-order valence-corrected chi connectivity index (χ4v) is 5.97. The van der Waals surface area contributed by atoms with Gasteiger partial charge in [0.05, 0.1) is 18.5 Å². The maximum atomic E-state index is 13.8. The van der Waals surface area contributed by atoms with Crippen molar-refractivity contribution in [3.63, 3.8) is 0 Å². The molecule has 0 saturated heterocycles. The largest absolute Gasteiger partial charge is 0.497 e.